The summed E-state index contributed by atoms with van der Waals surface area (Å²) in [6.07, 6.45) is 2.55. The minimum atomic E-state index is -0.466. The first-order valence-electron chi connectivity index (χ1n) is 4.61. The van der Waals surface area contributed by atoms with Gasteiger partial charge in [-0.15, -0.1) is 5.10 Å². The number of rotatable bonds is 3. The van der Waals surface area contributed by atoms with Gasteiger partial charge in [0, 0.05) is 6.20 Å². The van der Waals surface area contributed by atoms with Gasteiger partial charge in [-0.2, -0.15) is 4.98 Å². The van der Waals surface area contributed by atoms with Crippen molar-refractivity contribution in [1.29, 1.82) is 0 Å². The Hall–Kier alpha value is -2.64. The van der Waals surface area contributed by atoms with Crippen molar-refractivity contribution in [3.63, 3.8) is 0 Å². The van der Waals surface area contributed by atoms with Gasteiger partial charge in [0.05, 0.1) is 18.9 Å². The maximum absolute atomic E-state index is 11.7. The van der Waals surface area contributed by atoms with E-state index in [1.54, 1.807) is 0 Å². The SMILES string of the molecule is COc1n[nH]c(NC(=O)c2cncc(O)c2)n1. The molecule has 0 spiro atoms. The molecule has 2 rings (SSSR count). The van der Waals surface area contributed by atoms with Gasteiger partial charge in [-0.3, -0.25) is 15.1 Å². The molecule has 3 N–H and O–H groups in total. The molecule has 0 saturated carbocycles. The van der Waals surface area contributed by atoms with Gasteiger partial charge in [-0.1, -0.05) is 0 Å². The zero-order valence-electron chi connectivity index (χ0n) is 8.84. The summed E-state index contributed by atoms with van der Waals surface area (Å²) in [7, 11) is 1.41. The molecule has 8 nitrogen and oxygen atoms in total. The molecular weight excluding hydrogens is 226 g/mol. The van der Waals surface area contributed by atoms with Gasteiger partial charge in [0.2, 0.25) is 5.95 Å². The Morgan fingerprint density at radius 1 is 1.53 bits per heavy atom. The quantitative estimate of drug-likeness (QED) is 0.698. The number of ether oxygens (including phenoxy) is 1. The highest BCUT2D eigenvalue weighted by Gasteiger charge is 2.10. The van der Waals surface area contributed by atoms with E-state index in [1.165, 1.54) is 25.6 Å². The van der Waals surface area contributed by atoms with Gasteiger partial charge in [0.25, 0.3) is 5.91 Å². The zero-order valence-corrected chi connectivity index (χ0v) is 8.84. The molecular formula is C9H9N5O3. The Kier molecular flexibility index (Phi) is 2.86. The van der Waals surface area contributed by atoms with E-state index in [2.05, 4.69) is 25.5 Å². The van der Waals surface area contributed by atoms with E-state index < -0.39 is 5.91 Å². The van der Waals surface area contributed by atoms with E-state index >= 15 is 0 Å². The molecule has 0 unspecified atom stereocenters. The van der Waals surface area contributed by atoms with Crippen molar-refractivity contribution >= 4 is 11.9 Å². The van der Waals surface area contributed by atoms with Crippen LogP contribution < -0.4 is 10.1 Å². The number of anilines is 1. The fraction of sp³-hybridized carbons (Fsp3) is 0.111. The predicted octanol–water partition coefficient (Wildman–Crippen LogP) is 0.166. The summed E-state index contributed by atoms with van der Waals surface area (Å²) in [4.78, 5) is 19.2. The van der Waals surface area contributed by atoms with E-state index in [1.807, 2.05) is 0 Å². The van der Waals surface area contributed by atoms with E-state index in [4.69, 9.17) is 4.74 Å². The van der Waals surface area contributed by atoms with E-state index in [-0.39, 0.29) is 23.3 Å². The number of methoxy groups -OCH3 is 1. The molecule has 0 saturated heterocycles. The standard InChI is InChI=1S/C9H9N5O3/c1-17-9-12-8(13-14-9)11-7(16)5-2-6(15)4-10-3-5/h2-4,15H,1H3,(H2,11,12,13,14,16). The van der Waals surface area contributed by atoms with Crippen molar-refractivity contribution in [2.45, 2.75) is 0 Å². The Labute approximate surface area is 95.7 Å². The smallest absolute Gasteiger partial charge is 0.336 e. The molecule has 0 aliphatic carbocycles. The zero-order chi connectivity index (χ0) is 12.3. The summed E-state index contributed by atoms with van der Waals surface area (Å²) in [5.74, 6) is -0.407. The molecule has 8 heteroatoms. The molecule has 0 atom stereocenters. The lowest BCUT2D eigenvalue weighted by molar-refractivity contribution is 0.102. The normalized spacial score (nSPS) is 9.94. The maximum atomic E-state index is 11.7. The average Bonchev–Trinajstić information content (AvgIpc) is 2.77. The molecule has 0 fully saturated rings. The van der Waals surface area contributed by atoms with Crippen LogP contribution in [0.15, 0.2) is 18.5 Å². The largest absolute Gasteiger partial charge is 0.506 e. The van der Waals surface area contributed by atoms with Crippen molar-refractivity contribution < 1.29 is 14.6 Å². The molecule has 2 aromatic rings. The van der Waals surface area contributed by atoms with Crippen LogP contribution in [0.25, 0.3) is 0 Å². The van der Waals surface area contributed by atoms with Crippen molar-refractivity contribution in [2.24, 2.45) is 0 Å². The summed E-state index contributed by atoms with van der Waals surface area (Å²) in [5, 5.41) is 17.7. The second-order valence-electron chi connectivity index (χ2n) is 3.06. The van der Waals surface area contributed by atoms with Crippen LogP contribution >= 0.6 is 0 Å². The van der Waals surface area contributed by atoms with Crippen LogP contribution in [0.5, 0.6) is 11.8 Å². The highest BCUT2D eigenvalue weighted by atomic mass is 16.5. The first kappa shape index (κ1) is 10.9. The summed E-state index contributed by atoms with van der Waals surface area (Å²) in [5.41, 5.74) is 0.209. The van der Waals surface area contributed by atoms with E-state index in [0.29, 0.717) is 0 Å². The third-order valence-corrected chi connectivity index (χ3v) is 1.87. The number of nitrogens with zero attached hydrogens (tertiary/aromatic N) is 3. The molecule has 0 bridgehead atoms. The van der Waals surface area contributed by atoms with Crippen LogP contribution in [0, 0.1) is 0 Å². The number of H-pyrrole nitrogens is 1. The molecule has 17 heavy (non-hydrogen) atoms. The van der Waals surface area contributed by atoms with Gasteiger partial charge < -0.3 is 9.84 Å². The van der Waals surface area contributed by atoms with Crippen LogP contribution in [-0.4, -0.2) is 38.3 Å². The number of carbonyl (C=O) groups excluding carboxylic acids is 1. The number of hydrogen-bond donors (Lipinski definition) is 3. The molecule has 88 valence electrons. The number of aromatic nitrogens is 4. The number of aromatic amines is 1. The van der Waals surface area contributed by atoms with Gasteiger partial charge in [0.15, 0.2) is 0 Å². The topological polar surface area (TPSA) is 113 Å². The summed E-state index contributed by atoms with van der Waals surface area (Å²) in [6.45, 7) is 0. The third-order valence-electron chi connectivity index (χ3n) is 1.87. The van der Waals surface area contributed by atoms with Crippen LogP contribution in [0.4, 0.5) is 5.95 Å². The first-order chi connectivity index (χ1) is 8.19. The van der Waals surface area contributed by atoms with Gasteiger partial charge >= 0.3 is 6.01 Å². The maximum Gasteiger partial charge on any atom is 0.336 e. The molecule has 0 radical (unpaired) electrons. The minimum absolute atomic E-state index is 0.0900. The minimum Gasteiger partial charge on any atom is -0.506 e. The number of nitrogens with one attached hydrogen (secondary N) is 2. The number of aromatic hydroxyl groups is 1. The first-order valence-corrected chi connectivity index (χ1v) is 4.61. The third kappa shape index (κ3) is 2.48. The van der Waals surface area contributed by atoms with Gasteiger partial charge in [0.1, 0.15) is 5.75 Å². The lowest BCUT2D eigenvalue weighted by Crippen LogP contribution is -2.13. The van der Waals surface area contributed by atoms with Crippen LogP contribution in [-0.2, 0) is 0 Å². The fourth-order valence-electron chi connectivity index (χ4n) is 1.13. The van der Waals surface area contributed by atoms with Crippen LogP contribution in [0.1, 0.15) is 10.4 Å². The Morgan fingerprint density at radius 3 is 3.00 bits per heavy atom. The lowest BCUT2D eigenvalue weighted by Gasteiger charge is -2.00. The molecule has 2 heterocycles. The van der Waals surface area contributed by atoms with Crippen molar-refractivity contribution in [3.05, 3.63) is 24.0 Å². The van der Waals surface area contributed by atoms with E-state index in [9.17, 15) is 9.90 Å². The van der Waals surface area contributed by atoms with Crippen molar-refractivity contribution in [1.82, 2.24) is 20.2 Å². The highest BCUT2D eigenvalue weighted by molar-refractivity contribution is 6.03. The Morgan fingerprint density at radius 2 is 2.35 bits per heavy atom. The fourth-order valence-corrected chi connectivity index (χ4v) is 1.13. The molecule has 0 aromatic carbocycles. The van der Waals surface area contributed by atoms with Crippen LogP contribution in [0.2, 0.25) is 0 Å². The number of carbonyl (C=O) groups is 1. The Bertz CT molecular complexity index is 539. The average molecular weight is 235 g/mol. The summed E-state index contributed by atoms with van der Waals surface area (Å²) in [6, 6.07) is 1.41. The molecule has 2 aromatic heterocycles. The number of pyridine rings is 1. The molecule has 1 amide bonds. The monoisotopic (exact) mass is 235 g/mol. The number of amides is 1. The van der Waals surface area contributed by atoms with Gasteiger partial charge in [-0.05, 0) is 6.07 Å². The Balaban J connectivity index is 2.11. The highest BCUT2D eigenvalue weighted by Crippen LogP contribution is 2.11. The van der Waals surface area contributed by atoms with Gasteiger partial charge in [-0.25, -0.2) is 5.10 Å². The predicted molar refractivity (Wildman–Crippen MR) is 56.8 cm³/mol. The van der Waals surface area contributed by atoms with Crippen molar-refractivity contribution in [2.75, 3.05) is 12.4 Å². The van der Waals surface area contributed by atoms with Crippen LogP contribution in [0.3, 0.4) is 0 Å². The lowest BCUT2D eigenvalue weighted by atomic mass is 10.2. The molecule has 0 aliphatic heterocycles. The summed E-state index contributed by atoms with van der Waals surface area (Å²) >= 11 is 0. The molecule has 0 aliphatic rings. The number of hydrogen-bond acceptors (Lipinski definition) is 6. The second-order valence-corrected chi connectivity index (χ2v) is 3.06. The second kappa shape index (κ2) is 4.47. The summed E-state index contributed by atoms with van der Waals surface area (Å²) < 4.78 is 4.74. The van der Waals surface area contributed by atoms with E-state index in [0.717, 1.165) is 0 Å². The van der Waals surface area contributed by atoms with Crippen molar-refractivity contribution in [3.8, 4) is 11.8 Å².